The normalized spacial score (nSPS) is 16.5. The summed E-state index contributed by atoms with van der Waals surface area (Å²) in [5.41, 5.74) is 1.08. The quantitative estimate of drug-likeness (QED) is 0.124. The SMILES string of the molecule is CC(C)[C@@H]1N(C(=O)C/C=C/CCCCCNC(=O)OCC[S+](C)C)C(=S)OC1(c1ccccc1)c1ccccc1. The zero-order chi connectivity index (χ0) is 29.0. The van der Waals surface area contributed by atoms with Crippen molar-refractivity contribution >= 4 is 40.3 Å². The molecule has 0 aliphatic carbocycles. The first-order valence-corrected chi connectivity index (χ1v) is 16.6. The molecule has 0 aromatic heterocycles. The van der Waals surface area contributed by atoms with Crippen molar-refractivity contribution in [3.8, 4) is 0 Å². The number of ether oxygens (including phenoxy) is 2. The van der Waals surface area contributed by atoms with Crippen LogP contribution in [-0.4, -0.2) is 59.5 Å². The first kappa shape index (κ1) is 31.7. The molecular weight excluding hydrogens is 540 g/mol. The van der Waals surface area contributed by atoms with Crippen molar-refractivity contribution in [2.75, 3.05) is 31.4 Å². The highest BCUT2D eigenvalue weighted by atomic mass is 32.2. The lowest BCUT2D eigenvalue weighted by atomic mass is 9.75. The lowest BCUT2D eigenvalue weighted by Gasteiger charge is -2.38. The number of carbonyl (C=O) groups is 2. The number of thiocarbonyl (C=S) groups is 1. The molecule has 0 spiro atoms. The van der Waals surface area contributed by atoms with E-state index >= 15 is 0 Å². The summed E-state index contributed by atoms with van der Waals surface area (Å²) >= 11 is 5.70. The van der Waals surface area contributed by atoms with Gasteiger partial charge in [-0.05, 0) is 48.3 Å². The number of carbonyl (C=O) groups excluding carboxylic acids is 2. The zero-order valence-corrected chi connectivity index (χ0v) is 25.8. The molecule has 1 aliphatic heterocycles. The lowest BCUT2D eigenvalue weighted by molar-refractivity contribution is -0.128. The number of hydrogen-bond acceptors (Lipinski definition) is 5. The van der Waals surface area contributed by atoms with E-state index in [1.165, 1.54) is 0 Å². The second-order valence-electron chi connectivity index (χ2n) is 10.6. The summed E-state index contributed by atoms with van der Waals surface area (Å²) in [6, 6.07) is 19.8. The summed E-state index contributed by atoms with van der Waals surface area (Å²) in [4.78, 5) is 26.9. The first-order valence-electron chi connectivity index (χ1n) is 14.0. The Kier molecular flexibility index (Phi) is 12.5. The van der Waals surface area contributed by atoms with Gasteiger partial charge in [0.2, 0.25) is 5.91 Å². The monoisotopic (exact) mass is 583 g/mol. The fourth-order valence-electron chi connectivity index (χ4n) is 5.07. The Morgan fingerprint density at radius 1 is 1.02 bits per heavy atom. The lowest BCUT2D eigenvalue weighted by Crippen LogP contribution is -2.49. The van der Waals surface area contributed by atoms with Crippen LogP contribution in [0.3, 0.4) is 0 Å². The summed E-state index contributed by atoms with van der Waals surface area (Å²) in [5.74, 6) is 0.933. The third-order valence-corrected chi connectivity index (χ3v) is 8.21. The van der Waals surface area contributed by atoms with Gasteiger partial charge in [0.15, 0.2) is 5.60 Å². The maximum absolute atomic E-state index is 13.5. The van der Waals surface area contributed by atoms with Crippen LogP contribution < -0.4 is 5.32 Å². The van der Waals surface area contributed by atoms with Crippen LogP contribution in [0.25, 0.3) is 0 Å². The third kappa shape index (κ3) is 8.33. The van der Waals surface area contributed by atoms with Crippen molar-refractivity contribution in [1.82, 2.24) is 10.2 Å². The van der Waals surface area contributed by atoms with Gasteiger partial charge in [0.25, 0.3) is 5.17 Å². The van der Waals surface area contributed by atoms with Gasteiger partial charge in [-0.25, -0.2) is 4.79 Å². The van der Waals surface area contributed by atoms with E-state index in [0.29, 0.717) is 13.2 Å². The number of amides is 2. The molecule has 0 unspecified atom stereocenters. The molecule has 40 heavy (non-hydrogen) atoms. The van der Waals surface area contributed by atoms with Gasteiger partial charge >= 0.3 is 6.09 Å². The summed E-state index contributed by atoms with van der Waals surface area (Å²) in [6.07, 6.45) is 11.9. The van der Waals surface area contributed by atoms with Crippen LogP contribution in [-0.2, 0) is 30.8 Å². The average Bonchev–Trinajstić information content (AvgIpc) is 3.27. The highest BCUT2D eigenvalue weighted by molar-refractivity contribution is 7.95. The van der Waals surface area contributed by atoms with Gasteiger partial charge in [0, 0.05) is 24.1 Å². The predicted molar refractivity (Wildman–Crippen MR) is 168 cm³/mol. The maximum atomic E-state index is 13.5. The van der Waals surface area contributed by atoms with Crippen molar-refractivity contribution in [2.45, 2.75) is 57.6 Å². The Balaban J connectivity index is 1.54. The summed E-state index contributed by atoms with van der Waals surface area (Å²) < 4.78 is 11.7. The fourth-order valence-corrected chi connectivity index (χ4v) is 5.84. The van der Waals surface area contributed by atoms with Crippen LogP contribution in [0.2, 0.25) is 0 Å². The Labute approximate surface area is 247 Å². The smallest absolute Gasteiger partial charge is 0.407 e. The van der Waals surface area contributed by atoms with Crippen molar-refractivity contribution in [2.24, 2.45) is 5.92 Å². The minimum atomic E-state index is -0.873. The van der Waals surface area contributed by atoms with Crippen LogP contribution in [0, 0.1) is 5.92 Å². The topological polar surface area (TPSA) is 67.9 Å². The van der Waals surface area contributed by atoms with E-state index in [4.69, 9.17) is 21.7 Å². The van der Waals surface area contributed by atoms with E-state index in [-0.39, 0.29) is 46.5 Å². The molecule has 2 aromatic carbocycles. The largest absolute Gasteiger partial charge is 0.452 e. The summed E-state index contributed by atoms with van der Waals surface area (Å²) in [5, 5.41) is 3.02. The van der Waals surface area contributed by atoms with Crippen LogP contribution in [0.15, 0.2) is 72.8 Å². The molecule has 0 bridgehead atoms. The standard InChI is InChI=1S/C32H42N2O4S2/c1-25(2)29-32(26-17-11-9-12-18-26,27-19-13-10-14-20-27)38-31(39)34(29)28(35)21-15-7-5-6-8-16-22-33-30(36)37-23-24-40(3)4/h7,9-15,17-20,25,29H,5-6,8,16,21-24H2,1-4H3/p+1/b15-7+/t29-/m0/s1. The molecule has 3 rings (SSSR count). The number of nitrogens with zero attached hydrogens (tertiary/aromatic N) is 1. The van der Waals surface area contributed by atoms with Crippen molar-refractivity contribution in [1.29, 1.82) is 0 Å². The second kappa shape index (κ2) is 15.8. The van der Waals surface area contributed by atoms with E-state index in [1.54, 1.807) is 4.90 Å². The van der Waals surface area contributed by atoms with Crippen LogP contribution >= 0.6 is 12.2 Å². The van der Waals surface area contributed by atoms with Gasteiger partial charge in [0.05, 0.1) is 18.6 Å². The molecule has 1 fully saturated rings. The van der Waals surface area contributed by atoms with Gasteiger partial charge in [-0.15, -0.1) is 0 Å². The van der Waals surface area contributed by atoms with Crippen LogP contribution in [0.5, 0.6) is 0 Å². The molecule has 8 heteroatoms. The highest BCUT2D eigenvalue weighted by Gasteiger charge is 2.57. The van der Waals surface area contributed by atoms with Gasteiger partial charge < -0.3 is 14.8 Å². The molecule has 6 nitrogen and oxygen atoms in total. The van der Waals surface area contributed by atoms with Crippen molar-refractivity contribution in [3.63, 3.8) is 0 Å². The van der Waals surface area contributed by atoms with Gasteiger partial charge in [-0.2, -0.15) is 0 Å². The Morgan fingerprint density at radius 3 is 2.23 bits per heavy atom. The van der Waals surface area contributed by atoms with Crippen LogP contribution in [0.4, 0.5) is 4.79 Å². The van der Waals surface area contributed by atoms with Crippen molar-refractivity contribution in [3.05, 3.63) is 83.9 Å². The highest BCUT2D eigenvalue weighted by Crippen LogP contribution is 2.47. The van der Waals surface area contributed by atoms with Crippen molar-refractivity contribution < 1.29 is 19.1 Å². The second-order valence-corrected chi connectivity index (χ2v) is 13.3. The number of nitrogens with one attached hydrogen (secondary N) is 1. The minimum absolute atomic E-state index is 0.0607. The maximum Gasteiger partial charge on any atom is 0.407 e. The molecule has 216 valence electrons. The first-order chi connectivity index (χ1) is 19.3. The fraction of sp³-hybridized carbons (Fsp3) is 0.469. The number of hydrogen-bond donors (Lipinski definition) is 1. The van der Waals surface area contributed by atoms with E-state index in [9.17, 15) is 9.59 Å². The molecule has 1 N–H and O–H groups in total. The molecule has 2 aromatic rings. The molecule has 0 saturated carbocycles. The molecule has 1 atom stereocenters. The molecule has 1 saturated heterocycles. The number of rotatable bonds is 14. The van der Waals surface area contributed by atoms with Gasteiger partial charge in [0.1, 0.15) is 12.4 Å². The molecule has 0 radical (unpaired) electrons. The average molecular weight is 584 g/mol. The van der Waals surface area contributed by atoms with E-state index in [0.717, 1.165) is 42.6 Å². The number of unbranched alkanes of at least 4 members (excludes halogenated alkanes) is 3. The van der Waals surface area contributed by atoms with Gasteiger partial charge in [-0.1, -0.05) is 93.1 Å². The van der Waals surface area contributed by atoms with E-state index in [2.05, 4.69) is 37.8 Å². The zero-order valence-electron chi connectivity index (χ0n) is 24.1. The van der Waals surface area contributed by atoms with Gasteiger partial charge in [-0.3, -0.25) is 9.69 Å². The Morgan fingerprint density at radius 2 is 1.65 bits per heavy atom. The molecular formula is C32H43N2O4S2+. The molecule has 2 amide bonds. The van der Waals surface area contributed by atoms with E-state index in [1.807, 2.05) is 66.7 Å². The third-order valence-electron chi connectivity index (χ3n) is 6.95. The van der Waals surface area contributed by atoms with Crippen LogP contribution in [0.1, 0.15) is 57.1 Å². The Hall–Kier alpha value is -2.84. The number of allylic oxidation sites excluding steroid dienone is 1. The van der Waals surface area contributed by atoms with E-state index < -0.39 is 5.60 Å². The summed E-state index contributed by atoms with van der Waals surface area (Å²) in [6.45, 7) is 5.30. The number of alkyl carbamates (subject to hydrolysis) is 1. The Bertz CT molecular complexity index is 1080. The minimum Gasteiger partial charge on any atom is -0.452 e. The molecule has 1 heterocycles. The molecule has 1 aliphatic rings. The summed E-state index contributed by atoms with van der Waals surface area (Å²) in [7, 11) is 0.278. The predicted octanol–water partition coefficient (Wildman–Crippen LogP) is 6.21. The number of benzene rings is 2.